The topological polar surface area (TPSA) is 42.4 Å². The van der Waals surface area contributed by atoms with Crippen molar-refractivity contribution < 1.29 is 4.42 Å². The second kappa shape index (κ2) is 5.51. The molecule has 2 atom stereocenters. The molecular formula is C13H22N2O. The number of hydrogen-bond acceptors (Lipinski definition) is 3. The van der Waals surface area contributed by atoms with Crippen LogP contribution >= 0.6 is 0 Å². The molecule has 3 heteroatoms. The van der Waals surface area contributed by atoms with E-state index in [9.17, 15) is 0 Å². The highest BCUT2D eigenvalue weighted by Crippen LogP contribution is 2.27. The molecule has 1 fully saturated rings. The van der Waals surface area contributed by atoms with Gasteiger partial charge in [0.15, 0.2) is 0 Å². The van der Waals surface area contributed by atoms with E-state index >= 15 is 0 Å². The van der Waals surface area contributed by atoms with Crippen molar-refractivity contribution in [2.24, 2.45) is 5.73 Å². The third-order valence-electron chi connectivity index (χ3n) is 3.60. The van der Waals surface area contributed by atoms with Crippen molar-refractivity contribution >= 4 is 0 Å². The molecule has 2 N–H and O–H groups in total. The highest BCUT2D eigenvalue weighted by molar-refractivity contribution is 5.06. The summed E-state index contributed by atoms with van der Waals surface area (Å²) in [5.74, 6) is 1.01. The highest BCUT2D eigenvalue weighted by Gasteiger charge is 2.26. The number of hydrogen-bond donors (Lipinski definition) is 1. The van der Waals surface area contributed by atoms with Crippen LogP contribution in [0, 0.1) is 0 Å². The molecular weight excluding hydrogens is 200 g/mol. The minimum absolute atomic E-state index is 0.253. The molecule has 1 saturated heterocycles. The first kappa shape index (κ1) is 11.7. The second-order valence-corrected chi connectivity index (χ2v) is 4.70. The normalized spacial score (nSPS) is 25.2. The third kappa shape index (κ3) is 2.47. The SMILES string of the molecule is CC1CCCCCN1C(CN)c1ccco1. The zero-order chi connectivity index (χ0) is 11.4. The zero-order valence-corrected chi connectivity index (χ0v) is 10.1. The fourth-order valence-electron chi connectivity index (χ4n) is 2.66. The van der Waals surface area contributed by atoms with Crippen LogP contribution in [0.1, 0.15) is 44.4 Å². The average molecular weight is 222 g/mol. The van der Waals surface area contributed by atoms with Gasteiger partial charge >= 0.3 is 0 Å². The van der Waals surface area contributed by atoms with Crippen LogP contribution in [0.3, 0.4) is 0 Å². The maximum Gasteiger partial charge on any atom is 0.122 e. The van der Waals surface area contributed by atoms with E-state index in [2.05, 4.69) is 11.8 Å². The maximum atomic E-state index is 5.91. The van der Waals surface area contributed by atoms with Crippen molar-refractivity contribution in [3.63, 3.8) is 0 Å². The molecule has 0 radical (unpaired) electrons. The molecule has 1 aromatic heterocycles. The van der Waals surface area contributed by atoms with Crippen LogP contribution < -0.4 is 5.73 Å². The first-order valence-electron chi connectivity index (χ1n) is 6.32. The lowest BCUT2D eigenvalue weighted by molar-refractivity contribution is 0.134. The second-order valence-electron chi connectivity index (χ2n) is 4.70. The van der Waals surface area contributed by atoms with Gasteiger partial charge in [-0.25, -0.2) is 0 Å². The Hall–Kier alpha value is -0.800. The number of furan rings is 1. The van der Waals surface area contributed by atoms with E-state index in [0.29, 0.717) is 12.6 Å². The monoisotopic (exact) mass is 222 g/mol. The van der Waals surface area contributed by atoms with E-state index in [0.717, 1.165) is 12.3 Å². The predicted molar refractivity (Wildman–Crippen MR) is 65.1 cm³/mol. The zero-order valence-electron chi connectivity index (χ0n) is 10.1. The maximum absolute atomic E-state index is 5.91. The van der Waals surface area contributed by atoms with Crippen LogP contribution in [0.2, 0.25) is 0 Å². The van der Waals surface area contributed by atoms with Gasteiger partial charge in [0.05, 0.1) is 12.3 Å². The molecule has 0 amide bonds. The summed E-state index contributed by atoms with van der Waals surface area (Å²) in [6.07, 6.45) is 6.97. The minimum atomic E-state index is 0.253. The van der Waals surface area contributed by atoms with E-state index in [1.165, 1.54) is 25.7 Å². The molecule has 2 unspecified atom stereocenters. The van der Waals surface area contributed by atoms with Crippen LogP contribution in [0.15, 0.2) is 22.8 Å². The molecule has 1 aliphatic heterocycles. The molecule has 2 heterocycles. The van der Waals surface area contributed by atoms with Crippen LogP contribution in [-0.2, 0) is 0 Å². The van der Waals surface area contributed by atoms with Gasteiger partial charge < -0.3 is 10.2 Å². The van der Waals surface area contributed by atoms with Gasteiger partial charge in [0, 0.05) is 12.6 Å². The van der Waals surface area contributed by atoms with Crippen molar-refractivity contribution in [2.75, 3.05) is 13.1 Å². The molecule has 0 bridgehead atoms. The Labute approximate surface area is 97.6 Å². The highest BCUT2D eigenvalue weighted by atomic mass is 16.3. The van der Waals surface area contributed by atoms with Gasteiger partial charge in [0.25, 0.3) is 0 Å². The number of nitrogens with two attached hydrogens (primary N) is 1. The summed E-state index contributed by atoms with van der Waals surface area (Å²) in [4.78, 5) is 2.51. The summed E-state index contributed by atoms with van der Waals surface area (Å²) in [6, 6.07) is 4.85. The molecule has 90 valence electrons. The number of likely N-dealkylation sites (tertiary alicyclic amines) is 1. The van der Waals surface area contributed by atoms with Crippen molar-refractivity contribution in [2.45, 2.75) is 44.7 Å². The van der Waals surface area contributed by atoms with E-state index in [1.807, 2.05) is 12.1 Å². The quantitative estimate of drug-likeness (QED) is 0.854. The molecule has 0 aromatic carbocycles. The average Bonchev–Trinajstić information content (AvgIpc) is 2.72. The lowest BCUT2D eigenvalue weighted by Crippen LogP contribution is -2.39. The molecule has 0 saturated carbocycles. The molecule has 1 aliphatic rings. The first-order chi connectivity index (χ1) is 7.83. The first-order valence-corrected chi connectivity index (χ1v) is 6.32. The summed E-state index contributed by atoms with van der Waals surface area (Å²) < 4.78 is 5.51. The molecule has 2 rings (SSSR count). The standard InChI is InChI=1S/C13H22N2O/c1-11-6-3-2-4-8-15(11)12(10-14)13-7-5-9-16-13/h5,7,9,11-12H,2-4,6,8,10,14H2,1H3. The Bertz CT molecular complexity index is 297. The van der Waals surface area contributed by atoms with Gasteiger partial charge in [-0.15, -0.1) is 0 Å². The van der Waals surface area contributed by atoms with Crippen molar-refractivity contribution in [1.29, 1.82) is 0 Å². The molecule has 16 heavy (non-hydrogen) atoms. The fourth-order valence-corrected chi connectivity index (χ4v) is 2.66. The number of nitrogens with zero attached hydrogens (tertiary/aromatic N) is 1. The molecule has 0 aliphatic carbocycles. The summed E-state index contributed by atoms with van der Waals surface area (Å²) in [5, 5.41) is 0. The smallest absolute Gasteiger partial charge is 0.122 e. The van der Waals surface area contributed by atoms with Gasteiger partial charge in [0.1, 0.15) is 5.76 Å². The number of rotatable bonds is 3. The largest absolute Gasteiger partial charge is 0.468 e. The van der Waals surface area contributed by atoms with Crippen LogP contribution in [0.5, 0.6) is 0 Å². The van der Waals surface area contributed by atoms with E-state index in [-0.39, 0.29) is 6.04 Å². The Balaban J connectivity index is 2.12. The van der Waals surface area contributed by atoms with Crippen molar-refractivity contribution in [3.8, 4) is 0 Å². The summed E-state index contributed by atoms with van der Waals surface area (Å²) in [7, 11) is 0. The van der Waals surface area contributed by atoms with Gasteiger partial charge in [-0.05, 0) is 38.4 Å². The molecule has 0 spiro atoms. The van der Waals surface area contributed by atoms with Crippen LogP contribution in [-0.4, -0.2) is 24.0 Å². The van der Waals surface area contributed by atoms with E-state index < -0.39 is 0 Å². The van der Waals surface area contributed by atoms with E-state index in [1.54, 1.807) is 6.26 Å². The Morgan fingerprint density at radius 3 is 3.06 bits per heavy atom. The molecule has 3 nitrogen and oxygen atoms in total. The summed E-state index contributed by atoms with van der Waals surface area (Å²) >= 11 is 0. The van der Waals surface area contributed by atoms with Gasteiger partial charge in [-0.3, -0.25) is 4.90 Å². The Morgan fingerprint density at radius 1 is 1.50 bits per heavy atom. The van der Waals surface area contributed by atoms with Crippen LogP contribution in [0.25, 0.3) is 0 Å². The third-order valence-corrected chi connectivity index (χ3v) is 3.60. The van der Waals surface area contributed by atoms with Gasteiger partial charge in [-0.2, -0.15) is 0 Å². The lowest BCUT2D eigenvalue weighted by atomic mass is 10.1. The van der Waals surface area contributed by atoms with Crippen LogP contribution in [0.4, 0.5) is 0 Å². The fraction of sp³-hybridized carbons (Fsp3) is 0.692. The van der Waals surface area contributed by atoms with Gasteiger partial charge in [-0.1, -0.05) is 12.8 Å². The minimum Gasteiger partial charge on any atom is -0.468 e. The van der Waals surface area contributed by atoms with Crippen molar-refractivity contribution in [3.05, 3.63) is 24.2 Å². The predicted octanol–water partition coefficient (Wildman–Crippen LogP) is 2.54. The van der Waals surface area contributed by atoms with Crippen molar-refractivity contribution in [1.82, 2.24) is 4.90 Å². The van der Waals surface area contributed by atoms with E-state index in [4.69, 9.17) is 10.2 Å². The van der Waals surface area contributed by atoms with Gasteiger partial charge in [0.2, 0.25) is 0 Å². The summed E-state index contributed by atoms with van der Waals surface area (Å²) in [5.41, 5.74) is 5.91. The Morgan fingerprint density at radius 2 is 2.38 bits per heavy atom. The summed E-state index contributed by atoms with van der Waals surface area (Å²) in [6.45, 7) is 4.08. The Kier molecular flexibility index (Phi) is 4.02. The molecule has 1 aromatic rings. The lowest BCUT2D eigenvalue weighted by Gasteiger charge is -2.33.